The maximum absolute atomic E-state index is 12.3. The first-order chi connectivity index (χ1) is 15.2. The summed E-state index contributed by atoms with van der Waals surface area (Å²) >= 11 is 0. The number of nitrogen functional groups attached to an aromatic ring is 1. The standard InChI is InChI=1S/C19H19N7O6.Se/c20-19-25-15-14(17(30)26-19)23-11(8-22-15)7-21-10-3-1-9(2-4-10)16(29)24-12(18(31)32)5-6-13(27)28;/h1-4,8,12,21H,5-7H2,(H,24,29)(H,27,28)(H,31,32)(H3,20,22,25,26,30);. The van der Waals surface area contributed by atoms with Gasteiger partial charge in [-0.1, -0.05) is 0 Å². The predicted octanol–water partition coefficient (Wildman–Crippen LogP) is -0.426. The summed E-state index contributed by atoms with van der Waals surface area (Å²) in [6.07, 6.45) is 0.840. The molecule has 0 aliphatic rings. The molecule has 3 rings (SSSR count). The Morgan fingerprint density at radius 2 is 1.82 bits per heavy atom. The van der Waals surface area contributed by atoms with Crippen molar-refractivity contribution in [1.82, 2.24) is 25.3 Å². The Balaban J connectivity index is 0.00000385. The number of H-pyrrole nitrogens is 1. The van der Waals surface area contributed by atoms with E-state index in [4.69, 9.17) is 15.9 Å². The number of amides is 1. The fourth-order valence-electron chi connectivity index (χ4n) is 2.75. The van der Waals surface area contributed by atoms with Crippen LogP contribution in [0.1, 0.15) is 28.9 Å². The molecule has 2 aromatic heterocycles. The molecule has 0 spiro atoms. The van der Waals surface area contributed by atoms with Crippen LogP contribution in [-0.2, 0) is 16.1 Å². The Labute approximate surface area is 196 Å². The molecule has 1 amide bonds. The van der Waals surface area contributed by atoms with Crippen molar-refractivity contribution in [3.05, 3.63) is 52.1 Å². The van der Waals surface area contributed by atoms with E-state index in [-0.39, 0.29) is 59.1 Å². The zero-order chi connectivity index (χ0) is 23.3. The number of carbonyl (C=O) groups is 3. The van der Waals surface area contributed by atoms with Gasteiger partial charge in [0.05, 0.1) is 18.4 Å². The Hall–Kier alpha value is -4.03. The quantitative estimate of drug-likeness (QED) is 0.199. The van der Waals surface area contributed by atoms with Gasteiger partial charge in [-0.15, -0.1) is 0 Å². The van der Waals surface area contributed by atoms with E-state index >= 15 is 0 Å². The molecule has 0 saturated heterocycles. The summed E-state index contributed by atoms with van der Waals surface area (Å²) in [5.74, 6) is -3.16. The molecule has 1 atom stereocenters. The van der Waals surface area contributed by atoms with Crippen LogP contribution in [0.25, 0.3) is 11.2 Å². The van der Waals surface area contributed by atoms with Gasteiger partial charge in [-0.3, -0.25) is 19.4 Å². The molecule has 2 radical (unpaired) electrons. The molecule has 7 N–H and O–H groups in total. The first kappa shape index (κ1) is 25.2. The zero-order valence-corrected chi connectivity index (χ0v) is 18.7. The van der Waals surface area contributed by atoms with E-state index in [1.54, 1.807) is 12.1 Å². The number of hydrogen-bond acceptors (Lipinski definition) is 9. The third-order valence-corrected chi connectivity index (χ3v) is 4.36. The second kappa shape index (κ2) is 11.0. The molecule has 0 fully saturated rings. The van der Waals surface area contributed by atoms with Crippen molar-refractivity contribution < 1.29 is 24.6 Å². The number of hydrogen-bond donors (Lipinski definition) is 6. The van der Waals surface area contributed by atoms with Gasteiger partial charge in [0.15, 0.2) is 11.2 Å². The molecule has 0 aliphatic heterocycles. The van der Waals surface area contributed by atoms with Crippen LogP contribution in [0, 0.1) is 0 Å². The first-order valence-corrected chi connectivity index (χ1v) is 9.33. The van der Waals surface area contributed by atoms with E-state index in [9.17, 15) is 19.2 Å². The smallest absolute Gasteiger partial charge is 0.326 e. The molecule has 0 saturated carbocycles. The Morgan fingerprint density at radius 3 is 2.45 bits per heavy atom. The van der Waals surface area contributed by atoms with Crippen molar-refractivity contribution >= 4 is 57.7 Å². The first-order valence-electron chi connectivity index (χ1n) is 9.33. The summed E-state index contributed by atoms with van der Waals surface area (Å²) in [6.45, 7) is 0.231. The van der Waals surface area contributed by atoms with Crippen LogP contribution >= 0.6 is 0 Å². The Morgan fingerprint density at radius 1 is 1.12 bits per heavy atom. The summed E-state index contributed by atoms with van der Waals surface area (Å²) in [4.78, 5) is 60.6. The largest absolute Gasteiger partial charge is 0.481 e. The van der Waals surface area contributed by atoms with Crippen molar-refractivity contribution in [2.75, 3.05) is 11.1 Å². The van der Waals surface area contributed by atoms with Crippen molar-refractivity contribution in [2.45, 2.75) is 25.4 Å². The minimum absolute atomic E-state index is 0. The molecule has 3 aromatic rings. The van der Waals surface area contributed by atoms with Crippen LogP contribution in [0.15, 0.2) is 35.3 Å². The second-order valence-electron chi connectivity index (χ2n) is 6.71. The van der Waals surface area contributed by atoms with E-state index < -0.39 is 29.4 Å². The second-order valence-corrected chi connectivity index (χ2v) is 6.71. The van der Waals surface area contributed by atoms with Gasteiger partial charge in [-0.05, 0) is 30.7 Å². The summed E-state index contributed by atoms with van der Waals surface area (Å²) in [5.41, 5.74) is 6.47. The molecule has 0 aliphatic carbocycles. The summed E-state index contributed by atoms with van der Waals surface area (Å²) in [7, 11) is 0. The molecule has 2 heterocycles. The number of nitrogens with one attached hydrogen (secondary N) is 3. The van der Waals surface area contributed by atoms with Gasteiger partial charge >= 0.3 is 11.9 Å². The van der Waals surface area contributed by atoms with Crippen LogP contribution < -0.4 is 21.9 Å². The van der Waals surface area contributed by atoms with Crippen LogP contribution in [-0.4, -0.2) is 71.1 Å². The molecule has 13 nitrogen and oxygen atoms in total. The van der Waals surface area contributed by atoms with Crippen molar-refractivity contribution in [3.63, 3.8) is 0 Å². The third-order valence-electron chi connectivity index (χ3n) is 4.36. The van der Waals surface area contributed by atoms with Gasteiger partial charge in [0.25, 0.3) is 11.5 Å². The SMILES string of the molecule is Nc1nc2ncc(CNc3ccc(C(=O)NC(CCC(=O)O)C(=O)O)cc3)nc2c(=O)[nH]1.[Se]. The Kier molecular flexibility index (Phi) is 8.42. The minimum atomic E-state index is -1.31. The van der Waals surface area contributed by atoms with Crippen molar-refractivity contribution in [2.24, 2.45) is 0 Å². The number of aromatic nitrogens is 4. The maximum Gasteiger partial charge on any atom is 0.326 e. The molecule has 1 unspecified atom stereocenters. The fraction of sp³-hybridized carbons (Fsp3) is 0.211. The average molecular weight is 520 g/mol. The van der Waals surface area contributed by atoms with Gasteiger partial charge in [0.2, 0.25) is 5.95 Å². The van der Waals surface area contributed by atoms with Gasteiger partial charge in [-0.25, -0.2) is 14.8 Å². The summed E-state index contributed by atoms with van der Waals surface area (Å²) in [5, 5.41) is 23.2. The van der Waals surface area contributed by atoms with E-state index in [2.05, 4.69) is 30.6 Å². The number of benzene rings is 1. The molecular formula is C19H19N7O6Se. The number of anilines is 2. The monoisotopic (exact) mass is 521 g/mol. The van der Waals surface area contributed by atoms with E-state index in [0.29, 0.717) is 11.4 Å². The number of aromatic amines is 1. The minimum Gasteiger partial charge on any atom is -0.481 e. The van der Waals surface area contributed by atoms with Crippen LogP contribution in [0.5, 0.6) is 0 Å². The van der Waals surface area contributed by atoms with E-state index in [0.717, 1.165) is 0 Å². The van der Waals surface area contributed by atoms with Crippen LogP contribution in [0.3, 0.4) is 0 Å². The number of fused-ring (bicyclic) bond motifs is 1. The molecule has 1 aromatic carbocycles. The number of rotatable bonds is 9. The number of nitrogens with zero attached hydrogens (tertiary/aromatic N) is 3. The van der Waals surface area contributed by atoms with Gasteiger partial charge in [0.1, 0.15) is 6.04 Å². The number of nitrogens with two attached hydrogens (primary N) is 1. The fourth-order valence-corrected chi connectivity index (χ4v) is 2.75. The number of carboxylic acid groups (broad SMARTS) is 2. The van der Waals surface area contributed by atoms with E-state index in [1.807, 2.05) is 0 Å². The van der Waals surface area contributed by atoms with Gasteiger partial charge < -0.3 is 26.6 Å². The number of carboxylic acids is 2. The van der Waals surface area contributed by atoms with E-state index in [1.165, 1.54) is 18.3 Å². The average Bonchev–Trinajstić information content (AvgIpc) is 2.75. The molecular weight excluding hydrogens is 501 g/mol. The summed E-state index contributed by atoms with van der Waals surface area (Å²) in [6, 6.07) is 4.86. The van der Waals surface area contributed by atoms with Crippen molar-refractivity contribution in [3.8, 4) is 0 Å². The molecule has 0 bridgehead atoms. The molecule has 14 heteroatoms. The molecule has 172 valence electrons. The number of aliphatic carboxylic acids is 2. The predicted molar refractivity (Wildman–Crippen MR) is 118 cm³/mol. The zero-order valence-electron chi connectivity index (χ0n) is 16.9. The van der Waals surface area contributed by atoms with Gasteiger partial charge in [-0.2, -0.15) is 4.98 Å². The maximum atomic E-state index is 12.3. The number of carbonyl (C=O) groups excluding carboxylic acids is 1. The van der Waals surface area contributed by atoms with Crippen molar-refractivity contribution in [1.29, 1.82) is 0 Å². The Bertz CT molecular complexity index is 1230. The topological polar surface area (TPSA) is 213 Å². The third kappa shape index (κ3) is 6.72. The molecule has 33 heavy (non-hydrogen) atoms. The van der Waals surface area contributed by atoms with Gasteiger partial charge in [0, 0.05) is 34.7 Å². The van der Waals surface area contributed by atoms with Crippen LogP contribution in [0.4, 0.5) is 11.6 Å². The van der Waals surface area contributed by atoms with Crippen LogP contribution in [0.2, 0.25) is 0 Å². The normalized spacial score (nSPS) is 11.3. The summed E-state index contributed by atoms with van der Waals surface area (Å²) < 4.78 is 0.